The summed E-state index contributed by atoms with van der Waals surface area (Å²) >= 11 is 1.83. The first-order chi connectivity index (χ1) is 29.6. The SMILES string of the molecule is CC1=C(c2ccc3ccccc3c2)N=C(c2cc(-c3cccc4sc5ccccc5c34)cc3oc4ccccc4c23)N=C(c2ccc(-c3ccc4ccccc4c3)cc2)C1. The minimum absolute atomic E-state index is 0.652. The number of furan rings is 1. The zero-order chi connectivity index (χ0) is 39.7. The smallest absolute Gasteiger partial charge is 0.160 e. The second-order valence-electron chi connectivity index (χ2n) is 15.8. The van der Waals surface area contributed by atoms with Gasteiger partial charge in [0.1, 0.15) is 11.2 Å². The highest BCUT2D eigenvalue weighted by Gasteiger charge is 2.23. The fraction of sp³-hybridized carbons (Fsp3) is 0.0357. The van der Waals surface area contributed by atoms with Gasteiger partial charge < -0.3 is 4.42 Å². The number of aliphatic imine (C=N–C) groups is 2. The van der Waals surface area contributed by atoms with Crippen LogP contribution in [0.5, 0.6) is 0 Å². The first-order valence-electron chi connectivity index (χ1n) is 20.4. The van der Waals surface area contributed by atoms with E-state index in [4.69, 9.17) is 14.4 Å². The molecule has 11 aromatic rings. The first kappa shape index (κ1) is 34.6. The molecule has 2 aromatic heterocycles. The molecule has 60 heavy (non-hydrogen) atoms. The molecule has 0 spiro atoms. The van der Waals surface area contributed by atoms with Crippen molar-refractivity contribution in [2.75, 3.05) is 0 Å². The second-order valence-corrected chi connectivity index (χ2v) is 16.9. The number of benzene rings is 9. The lowest BCUT2D eigenvalue weighted by Gasteiger charge is -2.11. The summed E-state index contributed by atoms with van der Waals surface area (Å²) in [5, 5.41) is 9.44. The third kappa shape index (κ3) is 5.79. The molecule has 0 saturated heterocycles. The van der Waals surface area contributed by atoms with Gasteiger partial charge in [-0.3, -0.25) is 0 Å². The largest absolute Gasteiger partial charge is 0.456 e. The standard InChI is InChI=1S/C56H36N2OS/c1-34-29-48(38-25-21-37(22-26-38)41-27-23-35-11-2-4-13-39(35)30-41)57-56(58-55(34)42-28-24-36-12-3-5-14-40(36)31-42)47-32-43(33-50-53(47)45-15-6-8-18-49(45)59-50)44-17-10-20-52-54(44)46-16-7-9-19-51(46)60-52/h2-28,30-33H,29H2,1H3. The van der Waals surface area contributed by atoms with Crippen LogP contribution in [0.4, 0.5) is 0 Å². The molecule has 282 valence electrons. The van der Waals surface area contributed by atoms with Crippen molar-refractivity contribution in [2.45, 2.75) is 13.3 Å². The Morgan fingerprint density at radius 3 is 1.87 bits per heavy atom. The second kappa shape index (κ2) is 13.9. The van der Waals surface area contributed by atoms with Gasteiger partial charge in [0, 0.05) is 48.5 Å². The van der Waals surface area contributed by atoms with E-state index in [2.05, 4.69) is 189 Å². The molecule has 12 rings (SSSR count). The Kier molecular flexibility index (Phi) is 8.00. The van der Waals surface area contributed by atoms with Gasteiger partial charge in [0.15, 0.2) is 5.84 Å². The molecule has 3 heterocycles. The molecule has 3 nitrogen and oxygen atoms in total. The van der Waals surface area contributed by atoms with Gasteiger partial charge >= 0.3 is 0 Å². The quantitative estimate of drug-likeness (QED) is 0.171. The van der Waals surface area contributed by atoms with Gasteiger partial charge in [0.25, 0.3) is 0 Å². The van der Waals surface area contributed by atoms with Crippen molar-refractivity contribution in [3.63, 3.8) is 0 Å². The number of para-hydroxylation sites is 1. The van der Waals surface area contributed by atoms with E-state index in [0.717, 1.165) is 66.7 Å². The molecule has 0 atom stereocenters. The summed E-state index contributed by atoms with van der Waals surface area (Å²) in [4.78, 5) is 11.2. The van der Waals surface area contributed by atoms with Gasteiger partial charge in [0.2, 0.25) is 0 Å². The van der Waals surface area contributed by atoms with E-state index in [0.29, 0.717) is 12.3 Å². The van der Waals surface area contributed by atoms with Gasteiger partial charge in [0.05, 0.1) is 11.4 Å². The highest BCUT2D eigenvalue weighted by molar-refractivity contribution is 7.25. The average Bonchev–Trinajstić information content (AvgIpc) is 3.82. The number of amidine groups is 1. The molecule has 0 saturated carbocycles. The summed E-state index contributed by atoms with van der Waals surface area (Å²) in [6.45, 7) is 2.21. The molecule has 1 aliphatic heterocycles. The summed E-state index contributed by atoms with van der Waals surface area (Å²) in [5.41, 5.74) is 12.4. The lowest BCUT2D eigenvalue weighted by Crippen LogP contribution is -2.06. The predicted molar refractivity (Wildman–Crippen MR) is 256 cm³/mol. The number of nitrogens with zero attached hydrogens (tertiary/aromatic N) is 2. The monoisotopic (exact) mass is 784 g/mol. The third-order valence-corrected chi connectivity index (χ3v) is 13.2. The topological polar surface area (TPSA) is 37.9 Å². The summed E-state index contributed by atoms with van der Waals surface area (Å²) in [7, 11) is 0. The molecule has 0 fully saturated rings. The third-order valence-electron chi connectivity index (χ3n) is 12.1. The van der Waals surface area contributed by atoms with Crippen LogP contribution in [-0.2, 0) is 0 Å². The fourth-order valence-corrected chi connectivity index (χ4v) is 10.2. The van der Waals surface area contributed by atoms with Crippen molar-refractivity contribution in [3.8, 4) is 22.3 Å². The Morgan fingerprint density at radius 2 is 1.07 bits per heavy atom. The van der Waals surface area contributed by atoms with E-state index < -0.39 is 0 Å². The van der Waals surface area contributed by atoms with Crippen molar-refractivity contribution >= 4 is 92.2 Å². The van der Waals surface area contributed by atoms with Crippen LogP contribution >= 0.6 is 11.3 Å². The minimum Gasteiger partial charge on any atom is -0.456 e. The van der Waals surface area contributed by atoms with E-state index in [9.17, 15) is 0 Å². The van der Waals surface area contributed by atoms with Gasteiger partial charge in [-0.15, -0.1) is 11.3 Å². The molecular formula is C56H36N2OS. The van der Waals surface area contributed by atoms with E-state index >= 15 is 0 Å². The van der Waals surface area contributed by atoms with Crippen LogP contribution in [0, 0.1) is 0 Å². The van der Waals surface area contributed by atoms with E-state index in [-0.39, 0.29) is 0 Å². The Labute approximate surface area is 350 Å². The number of fused-ring (bicyclic) bond motifs is 8. The van der Waals surface area contributed by atoms with Gasteiger partial charge in [-0.1, -0.05) is 146 Å². The summed E-state index contributed by atoms with van der Waals surface area (Å²) in [6, 6.07) is 67.4. The first-order valence-corrected chi connectivity index (χ1v) is 21.2. The molecule has 4 heteroatoms. The molecular weight excluding hydrogens is 749 g/mol. The maximum absolute atomic E-state index is 6.72. The molecule has 0 amide bonds. The van der Waals surface area contributed by atoms with Crippen LogP contribution < -0.4 is 0 Å². The van der Waals surface area contributed by atoms with Gasteiger partial charge in [-0.2, -0.15) is 0 Å². The molecule has 0 N–H and O–H groups in total. The van der Waals surface area contributed by atoms with Crippen molar-refractivity contribution in [1.29, 1.82) is 0 Å². The molecule has 0 bridgehead atoms. The maximum Gasteiger partial charge on any atom is 0.160 e. The lowest BCUT2D eigenvalue weighted by molar-refractivity contribution is 0.669. The number of thiophene rings is 1. The zero-order valence-corrected chi connectivity index (χ0v) is 33.6. The molecule has 9 aromatic carbocycles. The van der Waals surface area contributed by atoms with E-state index in [1.807, 2.05) is 17.4 Å². The van der Waals surface area contributed by atoms with Crippen molar-refractivity contribution in [3.05, 3.63) is 210 Å². The Balaban J connectivity index is 1.08. The van der Waals surface area contributed by atoms with E-state index in [1.54, 1.807) is 0 Å². The van der Waals surface area contributed by atoms with Crippen LogP contribution in [0.15, 0.2) is 208 Å². The van der Waals surface area contributed by atoms with Gasteiger partial charge in [-0.05, 0) is 104 Å². The van der Waals surface area contributed by atoms with Crippen LogP contribution in [0.1, 0.15) is 30.0 Å². The highest BCUT2D eigenvalue weighted by atomic mass is 32.1. The van der Waals surface area contributed by atoms with Crippen molar-refractivity contribution in [2.24, 2.45) is 9.98 Å². The molecule has 0 radical (unpaired) electrons. The molecule has 1 aliphatic rings. The van der Waals surface area contributed by atoms with Crippen LogP contribution in [0.2, 0.25) is 0 Å². The highest BCUT2D eigenvalue weighted by Crippen LogP contribution is 2.43. The van der Waals surface area contributed by atoms with Crippen molar-refractivity contribution in [1.82, 2.24) is 0 Å². The van der Waals surface area contributed by atoms with Crippen LogP contribution in [-0.4, -0.2) is 11.5 Å². The van der Waals surface area contributed by atoms with Crippen LogP contribution in [0.25, 0.3) is 91.6 Å². The Bertz CT molecular complexity index is 3640. The average molecular weight is 785 g/mol. The zero-order valence-electron chi connectivity index (χ0n) is 32.8. The molecule has 0 unspecified atom stereocenters. The summed E-state index contributed by atoms with van der Waals surface area (Å²) < 4.78 is 9.26. The predicted octanol–water partition coefficient (Wildman–Crippen LogP) is 15.7. The number of rotatable bonds is 5. The summed E-state index contributed by atoms with van der Waals surface area (Å²) in [6.07, 6.45) is 0.652. The van der Waals surface area contributed by atoms with Crippen LogP contribution in [0.3, 0.4) is 0 Å². The summed E-state index contributed by atoms with van der Waals surface area (Å²) in [5.74, 6) is 0.671. The number of allylic oxidation sites excluding steroid dienone is 1. The lowest BCUT2D eigenvalue weighted by atomic mass is 9.95. The van der Waals surface area contributed by atoms with E-state index in [1.165, 1.54) is 52.8 Å². The van der Waals surface area contributed by atoms with Crippen molar-refractivity contribution < 1.29 is 4.42 Å². The number of hydrogen-bond acceptors (Lipinski definition) is 4. The van der Waals surface area contributed by atoms with Gasteiger partial charge in [-0.25, -0.2) is 9.98 Å². The fourth-order valence-electron chi connectivity index (χ4n) is 9.09. The Morgan fingerprint density at radius 1 is 0.433 bits per heavy atom. The molecule has 0 aliphatic carbocycles. The minimum atomic E-state index is 0.652. The maximum atomic E-state index is 6.72. The Hall–Kier alpha value is -7.40. The number of hydrogen-bond donors (Lipinski definition) is 0. The normalized spacial score (nSPS) is 13.5.